The van der Waals surface area contributed by atoms with Crippen LogP contribution in [0.1, 0.15) is 15.9 Å². The zero-order chi connectivity index (χ0) is 16.9. The lowest BCUT2D eigenvalue weighted by atomic mass is 10.0. The van der Waals surface area contributed by atoms with Gasteiger partial charge in [0.25, 0.3) is 0 Å². The van der Waals surface area contributed by atoms with Gasteiger partial charge in [-0.15, -0.1) is 0 Å². The maximum atomic E-state index is 12.8. The lowest BCUT2D eigenvalue weighted by Gasteiger charge is -2.10. The van der Waals surface area contributed by atoms with Gasteiger partial charge >= 0.3 is 5.97 Å². The zero-order valence-corrected chi connectivity index (χ0v) is 12.9. The molecule has 0 atom stereocenters. The van der Waals surface area contributed by atoms with Gasteiger partial charge in [0.1, 0.15) is 28.0 Å². The van der Waals surface area contributed by atoms with Crippen molar-refractivity contribution in [2.24, 2.45) is 0 Å². The van der Waals surface area contributed by atoms with Gasteiger partial charge in [-0.2, -0.15) is 0 Å². The van der Waals surface area contributed by atoms with E-state index in [4.69, 9.17) is 16.0 Å². The third-order valence-electron chi connectivity index (χ3n) is 3.49. The normalized spacial score (nSPS) is 11.1. The van der Waals surface area contributed by atoms with Gasteiger partial charge in [0.15, 0.2) is 5.58 Å². The summed E-state index contributed by atoms with van der Waals surface area (Å²) in [6.07, 6.45) is 0. The van der Waals surface area contributed by atoms with E-state index in [-0.39, 0.29) is 38.3 Å². The highest BCUT2D eigenvalue weighted by atomic mass is 35.5. The zero-order valence-electron chi connectivity index (χ0n) is 12.1. The second-order valence-electron chi connectivity index (χ2n) is 5.04. The van der Waals surface area contributed by atoms with E-state index in [9.17, 15) is 19.8 Å². The van der Waals surface area contributed by atoms with Crippen molar-refractivity contribution < 1.29 is 24.2 Å². The Morgan fingerprint density at radius 3 is 2.52 bits per heavy atom. The number of hydrogen-bond donors (Lipinski definition) is 2. The molecule has 3 aromatic rings. The highest BCUT2D eigenvalue weighted by Crippen LogP contribution is 2.35. The van der Waals surface area contributed by atoms with E-state index in [1.807, 2.05) is 0 Å². The number of fused-ring (bicyclic) bond motifs is 2. The Bertz CT molecular complexity index is 1030. The number of carbonyl (C=O) groups is 1. The number of methoxy groups -OCH3 is 1. The number of hydrogen-bond acceptors (Lipinski definition) is 6. The number of halogens is 1. The van der Waals surface area contributed by atoms with E-state index in [1.54, 1.807) is 13.0 Å². The number of ether oxygens (including phenoxy) is 1. The number of phenols is 2. The number of esters is 1. The smallest absolute Gasteiger partial charge is 0.342 e. The molecule has 2 N–H and O–H groups in total. The number of aromatic hydroxyl groups is 2. The maximum absolute atomic E-state index is 12.8. The van der Waals surface area contributed by atoms with Gasteiger partial charge in [-0.25, -0.2) is 4.79 Å². The van der Waals surface area contributed by atoms with Crippen LogP contribution in [-0.4, -0.2) is 23.3 Å². The Labute approximate surface area is 134 Å². The second-order valence-corrected chi connectivity index (χ2v) is 5.44. The van der Waals surface area contributed by atoms with Crippen LogP contribution >= 0.6 is 11.6 Å². The highest BCUT2D eigenvalue weighted by Gasteiger charge is 2.24. The largest absolute Gasteiger partial charge is 0.507 e. The van der Waals surface area contributed by atoms with E-state index in [0.29, 0.717) is 5.56 Å². The van der Waals surface area contributed by atoms with Crippen molar-refractivity contribution in [3.8, 4) is 11.5 Å². The molecule has 0 spiro atoms. The Kier molecular flexibility index (Phi) is 3.41. The quantitative estimate of drug-likeness (QED) is 0.524. The summed E-state index contributed by atoms with van der Waals surface area (Å²) in [6.45, 7) is 1.72. The Balaban J connectivity index is 2.65. The predicted octanol–water partition coefficient (Wildman–Crippen LogP) is 3.11. The number of rotatable bonds is 1. The third-order valence-corrected chi connectivity index (χ3v) is 3.78. The van der Waals surface area contributed by atoms with Gasteiger partial charge in [-0.3, -0.25) is 4.79 Å². The first kappa shape index (κ1) is 15.2. The van der Waals surface area contributed by atoms with E-state index >= 15 is 0 Å². The fourth-order valence-electron chi connectivity index (χ4n) is 2.52. The van der Waals surface area contributed by atoms with Crippen molar-refractivity contribution in [1.29, 1.82) is 0 Å². The third kappa shape index (κ3) is 2.19. The van der Waals surface area contributed by atoms with Crippen LogP contribution in [0.25, 0.3) is 21.9 Å². The summed E-state index contributed by atoms with van der Waals surface area (Å²) in [5, 5.41) is 19.6. The molecular formula is C16H11ClO6. The van der Waals surface area contributed by atoms with Gasteiger partial charge in [-0.1, -0.05) is 11.6 Å². The molecule has 0 amide bonds. The van der Waals surface area contributed by atoms with Gasteiger partial charge < -0.3 is 19.4 Å². The predicted molar refractivity (Wildman–Crippen MR) is 84.4 cm³/mol. The first-order valence-electron chi connectivity index (χ1n) is 6.55. The Morgan fingerprint density at radius 2 is 1.87 bits per heavy atom. The molecule has 0 aliphatic carbocycles. The van der Waals surface area contributed by atoms with Gasteiger partial charge in [-0.05, 0) is 24.6 Å². The molecular weight excluding hydrogens is 324 g/mol. The highest BCUT2D eigenvalue weighted by molar-refractivity contribution is 6.36. The van der Waals surface area contributed by atoms with Crippen LogP contribution in [0.3, 0.4) is 0 Å². The molecule has 1 aromatic heterocycles. The van der Waals surface area contributed by atoms with Crippen molar-refractivity contribution in [2.45, 2.75) is 6.92 Å². The molecule has 0 fully saturated rings. The van der Waals surface area contributed by atoms with Gasteiger partial charge in [0, 0.05) is 6.07 Å². The Morgan fingerprint density at radius 1 is 1.17 bits per heavy atom. The SMILES string of the molecule is COC(=O)c1c(O)cc(Cl)c2oc3cc(C)cc(O)c3c(=O)c12. The molecule has 0 aliphatic heterocycles. The van der Waals surface area contributed by atoms with Crippen molar-refractivity contribution >= 4 is 39.5 Å². The fraction of sp³-hybridized carbons (Fsp3) is 0.125. The van der Waals surface area contributed by atoms with E-state index in [1.165, 1.54) is 6.07 Å². The topological polar surface area (TPSA) is 97.0 Å². The fourth-order valence-corrected chi connectivity index (χ4v) is 2.76. The van der Waals surface area contributed by atoms with E-state index in [0.717, 1.165) is 13.2 Å². The summed E-state index contributed by atoms with van der Waals surface area (Å²) in [6, 6.07) is 4.06. The lowest BCUT2D eigenvalue weighted by molar-refractivity contribution is 0.0599. The number of benzene rings is 2. The van der Waals surface area contributed by atoms with Crippen molar-refractivity contribution in [3.05, 3.63) is 44.6 Å². The van der Waals surface area contributed by atoms with Crippen LogP contribution in [0.15, 0.2) is 27.4 Å². The minimum absolute atomic E-state index is 0.0369. The molecule has 7 heteroatoms. The number of carbonyl (C=O) groups excluding carboxylic acids is 1. The number of phenolic OH excluding ortho intramolecular Hbond substituents is 2. The van der Waals surface area contributed by atoms with Crippen LogP contribution in [0.4, 0.5) is 0 Å². The molecule has 23 heavy (non-hydrogen) atoms. The minimum atomic E-state index is -0.914. The van der Waals surface area contributed by atoms with Gasteiger partial charge in [0.2, 0.25) is 5.43 Å². The standard InChI is InChI=1S/C16H11ClO6/c1-6-3-8(18)11-10(4-6)23-15-7(17)5-9(19)12(16(21)22-2)13(15)14(11)20/h3-5,18-19H,1-2H3. The maximum Gasteiger partial charge on any atom is 0.342 e. The molecule has 0 unspecified atom stereocenters. The van der Waals surface area contributed by atoms with Gasteiger partial charge in [0.05, 0.1) is 17.5 Å². The van der Waals surface area contributed by atoms with E-state index in [2.05, 4.69) is 4.74 Å². The molecule has 0 aliphatic rings. The molecule has 2 aromatic carbocycles. The van der Waals surface area contributed by atoms with Crippen LogP contribution in [0.2, 0.25) is 5.02 Å². The summed E-state index contributed by atoms with van der Waals surface area (Å²) < 4.78 is 10.2. The first-order valence-corrected chi connectivity index (χ1v) is 6.93. The van der Waals surface area contributed by atoms with Crippen molar-refractivity contribution in [3.63, 3.8) is 0 Å². The van der Waals surface area contributed by atoms with E-state index < -0.39 is 17.1 Å². The summed E-state index contributed by atoms with van der Waals surface area (Å²) in [4.78, 5) is 24.7. The lowest BCUT2D eigenvalue weighted by Crippen LogP contribution is -2.11. The second kappa shape index (κ2) is 5.17. The van der Waals surface area contributed by atoms with Crippen LogP contribution in [0, 0.1) is 6.92 Å². The molecule has 1 heterocycles. The van der Waals surface area contributed by atoms with Crippen LogP contribution in [0.5, 0.6) is 11.5 Å². The number of aryl methyl sites for hydroxylation is 1. The van der Waals surface area contributed by atoms with Crippen molar-refractivity contribution in [1.82, 2.24) is 0 Å². The summed E-state index contributed by atoms with van der Waals surface area (Å²) >= 11 is 6.03. The Hall–Kier alpha value is -2.73. The monoisotopic (exact) mass is 334 g/mol. The summed E-state index contributed by atoms with van der Waals surface area (Å²) in [7, 11) is 1.12. The molecule has 0 radical (unpaired) electrons. The minimum Gasteiger partial charge on any atom is -0.507 e. The molecule has 6 nitrogen and oxygen atoms in total. The molecule has 118 valence electrons. The van der Waals surface area contributed by atoms with Crippen LogP contribution < -0.4 is 5.43 Å². The summed E-state index contributed by atoms with van der Waals surface area (Å²) in [5.41, 5.74) is -0.296. The average Bonchev–Trinajstić information content (AvgIpc) is 2.47. The molecule has 0 saturated heterocycles. The summed E-state index contributed by atoms with van der Waals surface area (Å²) in [5.74, 6) is -1.71. The molecule has 3 rings (SSSR count). The average molecular weight is 335 g/mol. The molecule has 0 saturated carbocycles. The van der Waals surface area contributed by atoms with Crippen LogP contribution in [-0.2, 0) is 4.74 Å². The molecule has 0 bridgehead atoms. The first-order chi connectivity index (χ1) is 10.8. The van der Waals surface area contributed by atoms with Crippen molar-refractivity contribution in [2.75, 3.05) is 7.11 Å².